The predicted octanol–water partition coefficient (Wildman–Crippen LogP) is -1.68. The Bertz CT molecular complexity index is 741. The van der Waals surface area contributed by atoms with Crippen LogP contribution in [0.2, 0.25) is 0 Å². The van der Waals surface area contributed by atoms with Gasteiger partial charge in [-0.2, -0.15) is 4.98 Å². The van der Waals surface area contributed by atoms with Gasteiger partial charge in [-0.3, -0.25) is 4.57 Å². The van der Waals surface area contributed by atoms with Crippen molar-refractivity contribution in [2.75, 3.05) is 12.3 Å². The van der Waals surface area contributed by atoms with E-state index in [0.717, 1.165) is 4.57 Å². The van der Waals surface area contributed by atoms with Gasteiger partial charge in [0.05, 0.1) is 9.30 Å². The van der Waals surface area contributed by atoms with Crippen LogP contribution in [-0.4, -0.2) is 49.2 Å². The van der Waals surface area contributed by atoms with Crippen LogP contribution in [0.5, 0.6) is 0 Å². The Morgan fingerprint density at radius 2 is 2.43 bits per heavy atom. The van der Waals surface area contributed by atoms with Gasteiger partial charge in [-0.05, 0) is 30.5 Å². The molecule has 0 aliphatic carbocycles. The van der Waals surface area contributed by atoms with Crippen LogP contribution in [0.4, 0.5) is 5.82 Å². The van der Waals surface area contributed by atoms with Crippen molar-refractivity contribution < 1.29 is 22.8 Å². The first-order valence-electron chi connectivity index (χ1n) is 6.79. The third-order valence-electron chi connectivity index (χ3n) is 3.17. The third kappa shape index (κ3) is 2.50. The number of ether oxygens (including phenoxy) is 1. The van der Waals surface area contributed by atoms with Crippen LogP contribution in [0.1, 0.15) is 14.7 Å². The number of hydrogen-bond acceptors (Lipinski definition) is 7. The summed E-state index contributed by atoms with van der Waals surface area (Å²) in [5.41, 5.74) is 2.31. The number of aliphatic hydroxyl groups is 3. The summed E-state index contributed by atoms with van der Waals surface area (Å²) in [6, 6.07) is 1.31. The van der Waals surface area contributed by atoms with E-state index in [1.165, 1.54) is 13.0 Å². The van der Waals surface area contributed by atoms with E-state index in [1.54, 1.807) is 0 Å². The fourth-order valence-electron chi connectivity index (χ4n) is 2.18. The molecule has 0 bridgehead atoms. The maximum absolute atomic E-state index is 12.1. The van der Waals surface area contributed by atoms with E-state index in [2.05, 4.69) is 10.9 Å². The normalized spacial score (nSPS) is 33.9. The summed E-state index contributed by atoms with van der Waals surface area (Å²) >= 11 is 5.29. The molecule has 114 valence electrons. The molecule has 0 radical (unpaired) electrons. The summed E-state index contributed by atoms with van der Waals surface area (Å²) in [6.45, 7) is -1.54. The van der Waals surface area contributed by atoms with Gasteiger partial charge in [0.25, 0.3) is 0 Å². The van der Waals surface area contributed by atoms with Gasteiger partial charge in [0, 0.05) is 11.1 Å². The van der Waals surface area contributed by atoms with Crippen LogP contribution in [-0.2, 0) is 4.74 Å². The number of aliphatic hydroxyl groups excluding tert-OH is 1. The zero-order valence-electron chi connectivity index (χ0n) is 12.8. The molecule has 1 saturated heterocycles. The van der Waals surface area contributed by atoms with Gasteiger partial charge in [0.1, 0.15) is 18.0 Å². The van der Waals surface area contributed by atoms with E-state index in [4.69, 9.17) is 24.8 Å². The number of halogens is 1. The minimum atomic E-state index is -3.01. The second-order valence-corrected chi connectivity index (χ2v) is 4.69. The number of rotatable bonds is 2. The molecule has 1 aliphatic heterocycles. The van der Waals surface area contributed by atoms with E-state index in [-0.39, 0.29) is 11.5 Å². The van der Waals surface area contributed by atoms with Crippen molar-refractivity contribution in [3.05, 3.63) is 22.2 Å². The number of anilines is 1. The van der Waals surface area contributed by atoms with E-state index < -0.39 is 36.3 Å². The second kappa shape index (κ2) is 5.63. The third-order valence-corrected chi connectivity index (χ3v) is 3.26. The zero-order chi connectivity index (χ0) is 17.6. The molecule has 1 aliphatic rings. The molecule has 2 rings (SSSR count). The SMILES string of the molecule is [2H]C([2H])(O)[C@H]1O[C@@H](n2c(C)cc(N)nc2=O)C(O)(C#CCl)[C@H]1O. The number of aryl methyl sites for hydroxylation is 1. The lowest BCUT2D eigenvalue weighted by molar-refractivity contribution is -0.0773. The smallest absolute Gasteiger partial charge is 0.351 e. The molecule has 2 heterocycles. The fourth-order valence-corrected chi connectivity index (χ4v) is 2.33. The van der Waals surface area contributed by atoms with Crippen molar-refractivity contribution in [2.24, 2.45) is 0 Å². The van der Waals surface area contributed by atoms with E-state index in [0.29, 0.717) is 0 Å². The molecule has 21 heavy (non-hydrogen) atoms. The zero-order valence-corrected chi connectivity index (χ0v) is 11.6. The molecule has 1 aromatic heterocycles. The molecule has 0 saturated carbocycles. The standard InChI is InChI=1S/C12H14ClN3O5/c1-6-4-8(14)15-11(19)16(6)10-12(20,2-3-13)9(18)7(5-17)21-10/h4,7,9-10,17-18,20H,5H2,1H3,(H2,14,15,19)/t7-,9+,10-,12?/m1/s1/i5D2. The van der Waals surface area contributed by atoms with E-state index in [9.17, 15) is 20.1 Å². The molecule has 1 aromatic rings. The molecule has 8 nitrogen and oxygen atoms in total. The second-order valence-electron chi connectivity index (χ2n) is 4.50. The Morgan fingerprint density at radius 1 is 1.76 bits per heavy atom. The van der Waals surface area contributed by atoms with Crippen molar-refractivity contribution in [1.82, 2.24) is 9.55 Å². The molecule has 1 unspecified atom stereocenters. The molecule has 4 atom stereocenters. The van der Waals surface area contributed by atoms with Crippen molar-refractivity contribution in [1.29, 1.82) is 0 Å². The number of hydrogen-bond donors (Lipinski definition) is 4. The first-order valence-corrected chi connectivity index (χ1v) is 6.17. The highest BCUT2D eigenvalue weighted by Gasteiger charge is 2.56. The summed E-state index contributed by atoms with van der Waals surface area (Å²) < 4.78 is 20.6. The highest BCUT2D eigenvalue weighted by molar-refractivity contribution is 6.30. The highest BCUT2D eigenvalue weighted by atomic mass is 35.5. The van der Waals surface area contributed by atoms with E-state index in [1.807, 2.05) is 5.38 Å². The first-order chi connectivity index (χ1) is 10.5. The lowest BCUT2D eigenvalue weighted by atomic mass is 9.95. The van der Waals surface area contributed by atoms with Gasteiger partial charge >= 0.3 is 5.69 Å². The minimum Gasteiger partial charge on any atom is -0.394 e. The van der Waals surface area contributed by atoms with Crippen molar-refractivity contribution in [3.63, 3.8) is 0 Å². The van der Waals surface area contributed by atoms with Crippen molar-refractivity contribution in [2.45, 2.75) is 31.0 Å². The van der Waals surface area contributed by atoms with Crippen molar-refractivity contribution in [3.8, 4) is 11.3 Å². The van der Waals surface area contributed by atoms with Crippen LogP contribution in [0.3, 0.4) is 0 Å². The average Bonchev–Trinajstić information content (AvgIpc) is 2.63. The molecule has 0 aromatic carbocycles. The summed E-state index contributed by atoms with van der Waals surface area (Å²) in [6.07, 6.45) is -5.52. The summed E-state index contributed by atoms with van der Waals surface area (Å²) in [7, 11) is 0. The Morgan fingerprint density at radius 3 is 2.95 bits per heavy atom. The lowest BCUT2D eigenvalue weighted by Crippen LogP contribution is -2.48. The Labute approximate surface area is 127 Å². The van der Waals surface area contributed by atoms with E-state index >= 15 is 0 Å². The van der Waals surface area contributed by atoms with Gasteiger partial charge in [0.15, 0.2) is 6.23 Å². The molecule has 1 fully saturated rings. The Balaban J connectivity index is 2.65. The molecular weight excluding hydrogens is 302 g/mol. The fraction of sp³-hybridized carbons (Fsp3) is 0.500. The first kappa shape index (κ1) is 13.1. The number of aromatic nitrogens is 2. The molecule has 5 N–H and O–H groups in total. The van der Waals surface area contributed by atoms with Crippen LogP contribution < -0.4 is 11.4 Å². The number of nitrogens with zero attached hydrogens (tertiary/aromatic N) is 2. The number of nitrogens with two attached hydrogens (primary N) is 1. The maximum atomic E-state index is 12.1. The molecule has 0 spiro atoms. The van der Waals surface area contributed by atoms with Gasteiger partial charge in [-0.1, -0.05) is 0 Å². The highest BCUT2D eigenvalue weighted by Crippen LogP contribution is 2.38. The van der Waals surface area contributed by atoms with Crippen LogP contribution in [0.15, 0.2) is 10.9 Å². The van der Waals surface area contributed by atoms with Gasteiger partial charge in [0.2, 0.25) is 5.60 Å². The predicted molar refractivity (Wildman–Crippen MR) is 73.2 cm³/mol. The maximum Gasteiger partial charge on any atom is 0.351 e. The van der Waals surface area contributed by atoms with Gasteiger partial charge in [-0.25, -0.2) is 4.79 Å². The molecule has 0 amide bonds. The largest absolute Gasteiger partial charge is 0.394 e. The minimum absolute atomic E-state index is 0.0664. The van der Waals surface area contributed by atoms with Crippen LogP contribution >= 0.6 is 11.6 Å². The topological polar surface area (TPSA) is 131 Å². The Hall–Kier alpha value is -1.63. The Kier molecular flexibility index (Phi) is 3.50. The average molecular weight is 318 g/mol. The monoisotopic (exact) mass is 317 g/mol. The van der Waals surface area contributed by atoms with Crippen LogP contribution in [0, 0.1) is 18.2 Å². The summed E-state index contributed by atoms with van der Waals surface area (Å²) in [4.78, 5) is 15.6. The number of nitrogen functional groups attached to an aromatic ring is 1. The summed E-state index contributed by atoms with van der Waals surface area (Å²) in [5, 5.41) is 32.1. The summed E-state index contributed by atoms with van der Waals surface area (Å²) in [5.74, 6) is 2.02. The lowest BCUT2D eigenvalue weighted by Gasteiger charge is -2.27. The molecule has 9 heteroatoms. The van der Waals surface area contributed by atoms with Gasteiger partial charge in [-0.15, -0.1) is 0 Å². The van der Waals surface area contributed by atoms with Gasteiger partial charge < -0.3 is 25.8 Å². The van der Waals surface area contributed by atoms with Crippen molar-refractivity contribution >= 4 is 17.4 Å². The molecular formula is C12H14ClN3O5. The quantitative estimate of drug-likeness (QED) is 0.479. The van der Waals surface area contributed by atoms with Crippen LogP contribution in [0.25, 0.3) is 0 Å².